The van der Waals surface area contributed by atoms with Gasteiger partial charge in [-0.1, -0.05) is 13.8 Å². The molecule has 0 fully saturated rings. The van der Waals surface area contributed by atoms with Crippen LogP contribution in [0.2, 0.25) is 0 Å². The maximum atomic E-state index is 11.6. The predicted octanol–water partition coefficient (Wildman–Crippen LogP) is 1.36. The van der Waals surface area contributed by atoms with E-state index in [0.29, 0.717) is 0 Å². The van der Waals surface area contributed by atoms with Gasteiger partial charge in [-0.3, -0.25) is 4.84 Å². The Hall–Kier alpha value is -2.26. The van der Waals surface area contributed by atoms with Gasteiger partial charge in [0.25, 0.3) is 6.29 Å². The zero-order valence-corrected chi connectivity index (χ0v) is 12.7. The Balaban J connectivity index is 4.65. The monoisotopic (exact) mass is 307 g/mol. The first kappa shape index (κ1) is 18.7. The van der Waals surface area contributed by atoms with Gasteiger partial charge >= 0.3 is 12.1 Å². The summed E-state index contributed by atoms with van der Waals surface area (Å²) in [6.45, 7) is 4.98. The summed E-state index contributed by atoms with van der Waals surface area (Å²) >= 11 is 0. The molecule has 0 aromatic rings. The maximum Gasteiger partial charge on any atom is 0.511 e. The number of methoxy groups -OCH3 is 1. The molecule has 0 bridgehead atoms. The lowest BCUT2D eigenvalue weighted by atomic mass is 10.0. The molecule has 21 heavy (non-hydrogen) atoms. The standard InChI is InChI=1S/C11H21N3O7/c1-7(2)6-9(10(15)16)13(4)14(18)12-21-8(3)20-11(17)19-5/h7-9H,6H2,1-5H3,(H,15,16)/t8?,9-/m0/s1. The summed E-state index contributed by atoms with van der Waals surface area (Å²) in [4.78, 5) is 26.5. The number of rotatable bonds is 8. The van der Waals surface area contributed by atoms with E-state index in [0.717, 1.165) is 12.1 Å². The first-order valence-electron chi connectivity index (χ1n) is 6.23. The van der Waals surface area contributed by atoms with Gasteiger partial charge < -0.3 is 19.8 Å². The Morgan fingerprint density at radius 3 is 2.38 bits per heavy atom. The van der Waals surface area contributed by atoms with E-state index in [1.165, 1.54) is 14.0 Å². The van der Waals surface area contributed by atoms with Gasteiger partial charge in [0.2, 0.25) is 5.28 Å². The normalized spacial score (nSPS) is 14.3. The zero-order chi connectivity index (χ0) is 16.6. The number of hydrogen-bond donors (Lipinski definition) is 1. The Morgan fingerprint density at radius 2 is 1.95 bits per heavy atom. The number of carbonyl (C=O) groups excluding carboxylic acids is 1. The van der Waals surface area contributed by atoms with E-state index in [1.54, 1.807) is 0 Å². The minimum absolute atomic E-state index is 0.0156. The number of carboxylic acids is 1. The van der Waals surface area contributed by atoms with E-state index in [9.17, 15) is 14.8 Å². The Kier molecular flexibility index (Phi) is 7.87. The number of hydrazine groups is 1. The second kappa shape index (κ2) is 8.82. The summed E-state index contributed by atoms with van der Waals surface area (Å²) < 4.78 is 8.75. The third kappa shape index (κ3) is 7.18. The fourth-order valence-electron chi connectivity index (χ4n) is 1.35. The summed E-state index contributed by atoms with van der Waals surface area (Å²) in [6.07, 6.45) is -1.89. The van der Waals surface area contributed by atoms with Crippen LogP contribution in [0.25, 0.3) is 0 Å². The summed E-state index contributed by atoms with van der Waals surface area (Å²) in [7, 11) is 2.39. The van der Waals surface area contributed by atoms with Crippen molar-refractivity contribution < 1.29 is 34.0 Å². The van der Waals surface area contributed by atoms with Crippen molar-refractivity contribution in [2.24, 2.45) is 11.2 Å². The third-order valence-corrected chi connectivity index (χ3v) is 2.39. The van der Waals surface area contributed by atoms with Crippen molar-refractivity contribution in [1.82, 2.24) is 5.01 Å². The number of nitrogens with zero attached hydrogens (tertiary/aromatic N) is 3. The maximum absolute atomic E-state index is 11.6. The van der Waals surface area contributed by atoms with Crippen LogP contribution in [-0.4, -0.2) is 53.7 Å². The van der Waals surface area contributed by atoms with E-state index in [2.05, 4.69) is 19.6 Å². The fourth-order valence-corrected chi connectivity index (χ4v) is 1.35. The van der Waals surface area contributed by atoms with Gasteiger partial charge in [0.05, 0.1) is 19.1 Å². The Bertz CT molecular complexity index is 386. The van der Waals surface area contributed by atoms with Crippen LogP contribution < -0.4 is 0 Å². The van der Waals surface area contributed by atoms with Crippen LogP contribution in [0.4, 0.5) is 4.79 Å². The molecule has 0 saturated carbocycles. The Labute approximate surface area is 122 Å². The molecule has 0 saturated heterocycles. The van der Waals surface area contributed by atoms with Crippen LogP contribution in [0.3, 0.4) is 0 Å². The average molecular weight is 307 g/mol. The molecule has 0 spiro atoms. The molecule has 0 radical (unpaired) electrons. The van der Waals surface area contributed by atoms with E-state index < -0.39 is 24.5 Å². The van der Waals surface area contributed by atoms with Gasteiger partial charge in [-0.25, -0.2) is 9.59 Å². The second-order valence-corrected chi connectivity index (χ2v) is 4.64. The van der Waals surface area contributed by atoms with Crippen LogP contribution in [-0.2, 0) is 19.1 Å². The molecular formula is C11H21N3O7. The lowest BCUT2D eigenvalue weighted by molar-refractivity contribution is -0.712. The highest BCUT2D eigenvalue weighted by atomic mass is 16.8. The summed E-state index contributed by atoms with van der Waals surface area (Å²) in [5.41, 5.74) is 0. The minimum atomic E-state index is -1.16. The third-order valence-electron chi connectivity index (χ3n) is 2.39. The van der Waals surface area contributed by atoms with Crippen LogP contribution in [0.1, 0.15) is 27.2 Å². The average Bonchev–Trinajstić information content (AvgIpc) is 2.40. The molecule has 122 valence electrons. The molecule has 1 N–H and O–H groups in total. The van der Waals surface area contributed by atoms with Gasteiger partial charge in [-0.2, -0.15) is 0 Å². The van der Waals surface area contributed by atoms with Gasteiger partial charge in [0.1, 0.15) is 0 Å². The number of aliphatic carboxylic acids is 1. The molecular weight excluding hydrogens is 286 g/mol. The summed E-state index contributed by atoms with van der Waals surface area (Å²) in [5, 5.41) is 24.7. The zero-order valence-electron chi connectivity index (χ0n) is 12.7. The summed E-state index contributed by atoms with van der Waals surface area (Å²) in [6, 6.07) is -1.05. The lowest BCUT2D eigenvalue weighted by Gasteiger charge is -2.21. The molecule has 1 unspecified atom stereocenters. The second-order valence-electron chi connectivity index (χ2n) is 4.64. The van der Waals surface area contributed by atoms with Crippen LogP contribution >= 0.6 is 0 Å². The molecule has 0 rings (SSSR count). The number of likely N-dealkylation sites (N-methyl/N-ethyl adjacent to an activating group) is 1. The van der Waals surface area contributed by atoms with Crippen molar-refractivity contribution in [2.75, 3.05) is 14.2 Å². The smallest absolute Gasteiger partial charge is 0.511 e. The largest absolute Gasteiger partial charge is 0.569 e. The van der Waals surface area contributed by atoms with Gasteiger partial charge in [-0.15, -0.1) is 5.01 Å². The number of ether oxygens (including phenoxy) is 2. The minimum Gasteiger partial charge on any atom is -0.569 e. The lowest BCUT2D eigenvalue weighted by Crippen LogP contribution is -2.43. The van der Waals surface area contributed by atoms with E-state index >= 15 is 0 Å². The number of carboxylic acid groups (broad SMARTS) is 1. The van der Waals surface area contributed by atoms with Gasteiger partial charge in [-0.05, 0) is 12.3 Å². The topological polar surface area (TPSA) is 124 Å². The first-order chi connectivity index (χ1) is 9.68. The van der Waals surface area contributed by atoms with Crippen LogP contribution in [0, 0.1) is 11.1 Å². The van der Waals surface area contributed by atoms with Crippen molar-refractivity contribution in [3.05, 3.63) is 5.21 Å². The molecule has 10 heteroatoms. The first-order valence-corrected chi connectivity index (χ1v) is 6.23. The predicted molar refractivity (Wildman–Crippen MR) is 68.7 cm³/mol. The SMILES string of the molecule is COC(=O)OC(C)ON=[N+]([O-])N(C)[C@@H](CC(C)C)C(=O)O. The molecule has 0 amide bonds. The van der Waals surface area contributed by atoms with E-state index in [1.807, 2.05) is 13.8 Å². The number of hydrogen-bond acceptors (Lipinski definition) is 7. The highest BCUT2D eigenvalue weighted by molar-refractivity contribution is 5.73. The van der Waals surface area contributed by atoms with Crippen molar-refractivity contribution in [3.8, 4) is 0 Å². The molecule has 0 heterocycles. The van der Waals surface area contributed by atoms with Crippen LogP contribution in [0.15, 0.2) is 5.28 Å². The molecule has 0 aliphatic heterocycles. The molecule has 0 aromatic carbocycles. The highest BCUT2D eigenvalue weighted by Gasteiger charge is 2.29. The molecule has 0 aliphatic rings. The molecule has 2 atom stereocenters. The van der Waals surface area contributed by atoms with Crippen molar-refractivity contribution in [1.29, 1.82) is 0 Å². The van der Waals surface area contributed by atoms with Crippen molar-refractivity contribution in [3.63, 3.8) is 0 Å². The van der Waals surface area contributed by atoms with Gasteiger partial charge in [0.15, 0.2) is 6.04 Å². The van der Waals surface area contributed by atoms with E-state index in [4.69, 9.17) is 5.11 Å². The number of carbonyl (C=O) groups is 2. The van der Waals surface area contributed by atoms with Crippen molar-refractivity contribution in [2.45, 2.75) is 39.5 Å². The van der Waals surface area contributed by atoms with Gasteiger partial charge in [0, 0.05) is 6.92 Å². The van der Waals surface area contributed by atoms with E-state index in [-0.39, 0.29) is 17.3 Å². The molecule has 0 aromatic heterocycles. The summed E-state index contributed by atoms with van der Waals surface area (Å²) in [5.74, 6) is -1.08. The highest BCUT2D eigenvalue weighted by Crippen LogP contribution is 2.11. The fraction of sp³-hybridized carbons (Fsp3) is 0.818. The van der Waals surface area contributed by atoms with Crippen LogP contribution in [0.5, 0.6) is 0 Å². The molecule has 0 aliphatic carbocycles. The quantitative estimate of drug-likeness (QED) is 0.234. The Morgan fingerprint density at radius 1 is 1.38 bits per heavy atom. The van der Waals surface area contributed by atoms with Crippen molar-refractivity contribution >= 4 is 12.1 Å². The molecule has 10 nitrogen and oxygen atoms in total.